The lowest BCUT2D eigenvalue weighted by Gasteiger charge is -2.13. The molecule has 0 aromatic carbocycles. The van der Waals surface area contributed by atoms with Gasteiger partial charge < -0.3 is 10.1 Å². The lowest BCUT2D eigenvalue weighted by atomic mass is 10.1. The number of rotatable bonds is 4. The molecule has 0 amide bonds. The van der Waals surface area contributed by atoms with E-state index in [-0.39, 0.29) is 0 Å². The predicted octanol–water partition coefficient (Wildman–Crippen LogP) is 2.79. The van der Waals surface area contributed by atoms with Gasteiger partial charge in [0.1, 0.15) is 5.75 Å². The van der Waals surface area contributed by atoms with Gasteiger partial charge in [0.25, 0.3) is 0 Å². The van der Waals surface area contributed by atoms with Crippen LogP contribution in [0.1, 0.15) is 38.3 Å². The summed E-state index contributed by atoms with van der Waals surface area (Å²) in [6, 6.07) is 2.04. The minimum Gasteiger partial charge on any atom is -0.489 e. The van der Waals surface area contributed by atoms with Crippen LogP contribution in [0.25, 0.3) is 0 Å². The third-order valence-corrected chi connectivity index (χ3v) is 2.54. The third-order valence-electron chi connectivity index (χ3n) is 2.54. The Balaban J connectivity index is 2.20. The molecule has 2 rings (SSSR count). The highest BCUT2D eigenvalue weighted by atomic mass is 16.5. The zero-order chi connectivity index (χ0) is 10.8. The molecule has 0 radical (unpaired) electrons. The molecule has 0 bridgehead atoms. The predicted molar refractivity (Wildman–Crippen MR) is 61.5 cm³/mol. The lowest BCUT2D eigenvalue weighted by molar-refractivity contribution is 0.302. The van der Waals surface area contributed by atoms with E-state index in [1.165, 1.54) is 12.8 Å². The maximum Gasteiger partial charge on any atom is 0.140 e. The van der Waals surface area contributed by atoms with Crippen LogP contribution in [0.4, 0.5) is 5.69 Å². The monoisotopic (exact) mass is 206 g/mol. The molecule has 3 heteroatoms. The number of ether oxygens (including phenoxy) is 1. The van der Waals surface area contributed by atoms with Crippen LogP contribution in [-0.4, -0.2) is 18.1 Å². The van der Waals surface area contributed by atoms with E-state index in [4.69, 9.17) is 4.74 Å². The smallest absolute Gasteiger partial charge is 0.140 e. The van der Waals surface area contributed by atoms with Gasteiger partial charge in [-0.2, -0.15) is 0 Å². The number of nitrogens with zero attached hydrogens (tertiary/aromatic N) is 1. The Bertz CT molecular complexity index is 345. The maximum absolute atomic E-state index is 5.70. The van der Waals surface area contributed by atoms with Crippen LogP contribution in [0.5, 0.6) is 5.75 Å². The Morgan fingerprint density at radius 3 is 2.73 bits per heavy atom. The summed E-state index contributed by atoms with van der Waals surface area (Å²) in [7, 11) is 1.92. The van der Waals surface area contributed by atoms with Crippen LogP contribution in [0.3, 0.4) is 0 Å². The summed E-state index contributed by atoms with van der Waals surface area (Å²) in [6.07, 6.45) is 4.62. The van der Waals surface area contributed by atoms with Crippen LogP contribution < -0.4 is 10.1 Å². The van der Waals surface area contributed by atoms with Crippen LogP contribution in [0, 0.1) is 0 Å². The standard InChI is InChI=1S/C12H18N2O/c1-8(2)12-11(13-3)6-10(7-14-12)15-9-4-5-9/h6-9,13H,4-5H2,1-3H3. The number of nitrogens with one attached hydrogen (secondary N) is 1. The Morgan fingerprint density at radius 2 is 2.20 bits per heavy atom. The highest BCUT2D eigenvalue weighted by Crippen LogP contribution is 2.30. The van der Waals surface area contributed by atoms with Gasteiger partial charge in [-0.25, -0.2) is 0 Å². The van der Waals surface area contributed by atoms with Crippen LogP contribution in [0.15, 0.2) is 12.3 Å². The second-order valence-corrected chi connectivity index (χ2v) is 4.33. The van der Waals surface area contributed by atoms with Crippen LogP contribution in [-0.2, 0) is 0 Å². The number of aromatic nitrogens is 1. The fourth-order valence-corrected chi connectivity index (χ4v) is 1.56. The van der Waals surface area contributed by atoms with E-state index >= 15 is 0 Å². The molecule has 1 saturated carbocycles. The first kappa shape index (κ1) is 10.3. The molecule has 1 heterocycles. The number of hydrogen-bond donors (Lipinski definition) is 1. The summed E-state index contributed by atoms with van der Waals surface area (Å²) in [6.45, 7) is 4.29. The number of pyridine rings is 1. The lowest BCUT2D eigenvalue weighted by Crippen LogP contribution is -2.03. The van der Waals surface area contributed by atoms with Gasteiger partial charge in [0.15, 0.2) is 0 Å². The maximum atomic E-state index is 5.70. The van der Waals surface area contributed by atoms with E-state index in [0.29, 0.717) is 12.0 Å². The quantitative estimate of drug-likeness (QED) is 0.822. The first-order valence-electron chi connectivity index (χ1n) is 5.55. The van der Waals surface area contributed by atoms with Gasteiger partial charge in [-0.1, -0.05) is 13.8 Å². The molecule has 15 heavy (non-hydrogen) atoms. The highest BCUT2D eigenvalue weighted by molar-refractivity contribution is 5.52. The molecule has 82 valence electrons. The number of hydrogen-bond acceptors (Lipinski definition) is 3. The summed E-state index contributed by atoms with van der Waals surface area (Å²) in [5, 5.41) is 3.17. The Morgan fingerprint density at radius 1 is 1.47 bits per heavy atom. The van der Waals surface area contributed by atoms with E-state index < -0.39 is 0 Å². The van der Waals surface area contributed by atoms with Gasteiger partial charge in [0.05, 0.1) is 23.7 Å². The van der Waals surface area contributed by atoms with Gasteiger partial charge in [0, 0.05) is 13.1 Å². The minimum absolute atomic E-state index is 0.432. The Kier molecular flexibility index (Phi) is 2.80. The SMILES string of the molecule is CNc1cc(OC2CC2)cnc1C(C)C. The van der Waals surface area contributed by atoms with Gasteiger partial charge >= 0.3 is 0 Å². The van der Waals surface area contributed by atoms with Crippen molar-refractivity contribution in [1.82, 2.24) is 4.98 Å². The van der Waals surface area contributed by atoms with Gasteiger partial charge in [-0.3, -0.25) is 4.98 Å². The number of anilines is 1. The molecule has 1 aliphatic carbocycles. The second-order valence-electron chi connectivity index (χ2n) is 4.33. The van der Waals surface area contributed by atoms with E-state index in [1.807, 2.05) is 19.3 Å². The van der Waals surface area contributed by atoms with E-state index in [0.717, 1.165) is 17.1 Å². The van der Waals surface area contributed by atoms with E-state index in [2.05, 4.69) is 24.1 Å². The largest absolute Gasteiger partial charge is 0.489 e. The topological polar surface area (TPSA) is 34.1 Å². The van der Waals surface area contributed by atoms with Crippen molar-refractivity contribution in [2.24, 2.45) is 0 Å². The molecule has 1 fully saturated rings. The molecule has 0 atom stereocenters. The summed E-state index contributed by atoms with van der Waals surface area (Å²) in [4.78, 5) is 4.44. The molecule has 0 unspecified atom stereocenters. The summed E-state index contributed by atoms with van der Waals surface area (Å²) in [5.74, 6) is 1.31. The molecule has 1 N–H and O–H groups in total. The van der Waals surface area contributed by atoms with Gasteiger partial charge in [-0.15, -0.1) is 0 Å². The second kappa shape index (κ2) is 4.09. The molecular weight excluding hydrogens is 188 g/mol. The van der Waals surface area contributed by atoms with Crippen LogP contribution >= 0.6 is 0 Å². The summed E-state index contributed by atoms with van der Waals surface area (Å²) in [5.41, 5.74) is 2.17. The zero-order valence-corrected chi connectivity index (χ0v) is 9.58. The normalized spacial score (nSPS) is 15.5. The van der Waals surface area contributed by atoms with Crippen LogP contribution in [0.2, 0.25) is 0 Å². The highest BCUT2D eigenvalue weighted by Gasteiger charge is 2.24. The molecule has 0 aliphatic heterocycles. The Hall–Kier alpha value is -1.25. The third kappa shape index (κ3) is 2.41. The average Bonchev–Trinajstić information content (AvgIpc) is 3.01. The van der Waals surface area contributed by atoms with E-state index in [1.54, 1.807) is 0 Å². The van der Waals surface area contributed by atoms with Gasteiger partial charge in [-0.05, 0) is 18.8 Å². The molecule has 3 nitrogen and oxygen atoms in total. The summed E-state index contributed by atoms with van der Waals surface area (Å²) < 4.78 is 5.70. The van der Waals surface area contributed by atoms with Crippen molar-refractivity contribution in [2.45, 2.75) is 38.7 Å². The fraction of sp³-hybridized carbons (Fsp3) is 0.583. The minimum atomic E-state index is 0.432. The van der Waals surface area contributed by atoms with Crippen molar-refractivity contribution >= 4 is 5.69 Å². The molecule has 1 aromatic heterocycles. The van der Waals surface area contributed by atoms with Crippen molar-refractivity contribution in [3.8, 4) is 5.75 Å². The zero-order valence-electron chi connectivity index (χ0n) is 9.58. The van der Waals surface area contributed by atoms with Crippen molar-refractivity contribution in [3.63, 3.8) is 0 Å². The molecular formula is C12H18N2O. The van der Waals surface area contributed by atoms with Crippen molar-refractivity contribution in [2.75, 3.05) is 12.4 Å². The molecule has 1 aromatic rings. The van der Waals surface area contributed by atoms with Gasteiger partial charge in [0.2, 0.25) is 0 Å². The summed E-state index contributed by atoms with van der Waals surface area (Å²) >= 11 is 0. The average molecular weight is 206 g/mol. The molecule has 0 spiro atoms. The first-order valence-corrected chi connectivity index (χ1v) is 5.55. The van der Waals surface area contributed by atoms with Crippen molar-refractivity contribution < 1.29 is 4.74 Å². The Labute approximate surface area is 90.9 Å². The molecule has 0 saturated heterocycles. The molecule has 1 aliphatic rings. The fourth-order valence-electron chi connectivity index (χ4n) is 1.56. The van der Waals surface area contributed by atoms with E-state index in [9.17, 15) is 0 Å². The van der Waals surface area contributed by atoms with Crippen molar-refractivity contribution in [3.05, 3.63) is 18.0 Å². The first-order chi connectivity index (χ1) is 7.20. The van der Waals surface area contributed by atoms with Crippen molar-refractivity contribution in [1.29, 1.82) is 0 Å².